The summed E-state index contributed by atoms with van der Waals surface area (Å²) >= 11 is 0. The fourth-order valence-corrected chi connectivity index (χ4v) is 1.04. The van der Waals surface area contributed by atoms with Crippen LogP contribution in [-0.4, -0.2) is 31.3 Å². The van der Waals surface area contributed by atoms with Crippen LogP contribution in [0.3, 0.4) is 0 Å². The lowest BCUT2D eigenvalue weighted by atomic mass is 9.96. The maximum absolute atomic E-state index is 5.87. The Bertz CT molecular complexity index is 103. The molecule has 0 saturated carbocycles. The summed E-state index contributed by atoms with van der Waals surface area (Å²) in [7, 11) is 0. The molecule has 1 saturated heterocycles. The fraction of sp³-hybridized carbons (Fsp3) is 1.00. The highest BCUT2D eigenvalue weighted by atomic mass is 16.5. The molecule has 10 heavy (non-hydrogen) atoms. The number of hydrogen-bond donors (Lipinski definition) is 2. The van der Waals surface area contributed by atoms with Crippen LogP contribution in [0.2, 0.25) is 0 Å². The second-order valence-electron chi connectivity index (χ2n) is 3.40. The molecule has 1 heterocycles. The molecule has 0 amide bonds. The molecule has 1 unspecified atom stereocenters. The van der Waals surface area contributed by atoms with Crippen LogP contribution in [0, 0.1) is 0 Å². The van der Waals surface area contributed by atoms with Gasteiger partial charge in [-0.2, -0.15) is 0 Å². The molecular formula is C7H16N2O. The Labute approximate surface area is 61.9 Å². The largest absolute Gasteiger partial charge is 0.378 e. The van der Waals surface area contributed by atoms with E-state index in [0.717, 1.165) is 19.8 Å². The maximum atomic E-state index is 5.87. The summed E-state index contributed by atoms with van der Waals surface area (Å²) in [6.07, 6.45) is 0. The first kappa shape index (κ1) is 7.98. The van der Waals surface area contributed by atoms with Crippen molar-refractivity contribution in [2.45, 2.75) is 25.4 Å². The molecule has 1 aliphatic rings. The van der Waals surface area contributed by atoms with E-state index < -0.39 is 0 Å². The summed E-state index contributed by atoms with van der Waals surface area (Å²) in [5.41, 5.74) is 5.70. The molecule has 0 aromatic rings. The first-order valence-electron chi connectivity index (χ1n) is 3.71. The van der Waals surface area contributed by atoms with Gasteiger partial charge in [0.1, 0.15) is 0 Å². The standard InChI is InChI=1S/C7H16N2O/c1-7(2,8)6-5-10-4-3-9-6/h6,9H,3-5,8H2,1-2H3. The predicted molar refractivity (Wildman–Crippen MR) is 40.9 cm³/mol. The van der Waals surface area contributed by atoms with E-state index in [1.54, 1.807) is 0 Å². The van der Waals surface area contributed by atoms with Crippen LogP contribution in [-0.2, 0) is 4.74 Å². The van der Waals surface area contributed by atoms with Gasteiger partial charge in [-0.05, 0) is 13.8 Å². The number of rotatable bonds is 1. The van der Waals surface area contributed by atoms with E-state index in [9.17, 15) is 0 Å². The average molecular weight is 144 g/mol. The highest BCUT2D eigenvalue weighted by Gasteiger charge is 2.26. The van der Waals surface area contributed by atoms with Gasteiger partial charge in [-0.3, -0.25) is 0 Å². The first-order valence-corrected chi connectivity index (χ1v) is 3.71. The van der Waals surface area contributed by atoms with Crippen molar-refractivity contribution in [1.29, 1.82) is 0 Å². The smallest absolute Gasteiger partial charge is 0.0638 e. The van der Waals surface area contributed by atoms with Crippen molar-refractivity contribution in [3.63, 3.8) is 0 Å². The maximum Gasteiger partial charge on any atom is 0.0638 e. The summed E-state index contributed by atoms with van der Waals surface area (Å²) in [4.78, 5) is 0. The minimum atomic E-state index is -0.166. The van der Waals surface area contributed by atoms with Gasteiger partial charge in [0, 0.05) is 18.1 Å². The number of nitrogens with two attached hydrogens (primary N) is 1. The summed E-state index contributed by atoms with van der Waals surface area (Å²) in [6.45, 7) is 6.50. The number of hydrogen-bond acceptors (Lipinski definition) is 3. The van der Waals surface area contributed by atoms with Gasteiger partial charge in [0.05, 0.1) is 13.2 Å². The van der Waals surface area contributed by atoms with Gasteiger partial charge in [-0.25, -0.2) is 0 Å². The Balaban J connectivity index is 2.39. The van der Waals surface area contributed by atoms with Crippen molar-refractivity contribution in [1.82, 2.24) is 5.32 Å². The van der Waals surface area contributed by atoms with E-state index in [2.05, 4.69) is 5.32 Å². The Morgan fingerprint density at radius 3 is 2.60 bits per heavy atom. The first-order chi connectivity index (χ1) is 4.61. The second-order valence-corrected chi connectivity index (χ2v) is 3.40. The van der Waals surface area contributed by atoms with Crippen LogP contribution in [0.15, 0.2) is 0 Å². The van der Waals surface area contributed by atoms with Crippen molar-refractivity contribution in [2.24, 2.45) is 5.73 Å². The number of nitrogens with one attached hydrogen (secondary N) is 1. The minimum absolute atomic E-state index is 0.166. The molecule has 1 rings (SSSR count). The van der Waals surface area contributed by atoms with Gasteiger partial charge in [0.2, 0.25) is 0 Å². The topological polar surface area (TPSA) is 47.3 Å². The lowest BCUT2D eigenvalue weighted by Gasteiger charge is -2.34. The Morgan fingerprint density at radius 1 is 1.60 bits per heavy atom. The zero-order valence-corrected chi connectivity index (χ0v) is 6.68. The Hall–Kier alpha value is -0.120. The van der Waals surface area contributed by atoms with Gasteiger partial charge in [0.25, 0.3) is 0 Å². The SMILES string of the molecule is CC(C)(N)C1COCCN1. The molecule has 1 aliphatic heterocycles. The van der Waals surface area contributed by atoms with E-state index in [1.165, 1.54) is 0 Å². The molecule has 60 valence electrons. The van der Waals surface area contributed by atoms with E-state index >= 15 is 0 Å². The highest BCUT2D eigenvalue weighted by Crippen LogP contribution is 2.07. The monoisotopic (exact) mass is 144 g/mol. The van der Waals surface area contributed by atoms with Crippen LogP contribution >= 0.6 is 0 Å². The van der Waals surface area contributed by atoms with Crippen LogP contribution in [0.25, 0.3) is 0 Å². The number of ether oxygens (including phenoxy) is 1. The van der Waals surface area contributed by atoms with Crippen LogP contribution in [0.4, 0.5) is 0 Å². The van der Waals surface area contributed by atoms with Gasteiger partial charge in [-0.15, -0.1) is 0 Å². The minimum Gasteiger partial charge on any atom is -0.378 e. The van der Waals surface area contributed by atoms with Crippen molar-refractivity contribution in [3.05, 3.63) is 0 Å². The van der Waals surface area contributed by atoms with Crippen molar-refractivity contribution in [3.8, 4) is 0 Å². The zero-order chi connectivity index (χ0) is 7.61. The van der Waals surface area contributed by atoms with E-state index in [4.69, 9.17) is 10.5 Å². The summed E-state index contributed by atoms with van der Waals surface area (Å²) < 4.78 is 5.27. The molecule has 0 aromatic heterocycles. The summed E-state index contributed by atoms with van der Waals surface area (Å²) in [5.74, 6) is 0. The molecule has 0 bridgehead atoms. The van der Waals surface area contributed by atoms with Gasteiger partial charge in [0.15, 0.2) is 0 Å². The Morgan fingerprint density at radius 2 is 2.30 bits per heavy atom. The quantitative estimate of drug-likeness (QED) is 0.532. The molecule has 0 spiro atoms. The predicted octanol–water partition coefficient (Wildman–Crippen LogP) is -0.288. The van der Waals surface area contributed by atoms with Gasteiger partial charge < -0.3 is 15.8 Å². The van der Waals surface area contributed by atoms with Crippen molar-refractivity contribution < 1.29 is 4.74 Å². The molecular weight excluding hydrogens is 128 g/mol. The fourth-order valence-electron chi connectivity index (χ4n) is 1.04. The van der Waals surface area contributed by atoms with Crippen LogP contribution in [0.1, 0.15) is 13.8 Å². The third kappa shape index (κ3) is 1.94. The molecule has 3 heteroatoms. The van der Waals surface area contributed by atoms with E-state index in [0.29, 0.717) is 6.04 Å². The third-order valence-electron chi connectivity index (χ3n) is 1.82. The Kier molecular flexibility index (Phi) is 2.28. The van der Waals surface area contributed by atoms with Crippen LogP contribution in [0.5, 0.6) is 0 Å². The molecule has 3 nitrogen and oxygen atoms in total. The second kappa shape index (κ2) is 2.86. The molecule has 1 fully saturated rings. The van der Waals surface area contributed by atoms with E-state index in [1.807, 2.05) is 13.8 Å². The lowest BCUT2D eigenvalue weighted by molar-refractivity contribution is 0.0554. The third-order valence-corrected chi connectivity index (χ3v) is 1.82. The normalized spacial score (nSPS) is 28.5. The van der Waals surface area contributed by atoms with Gasteiger partial charge in [-0.1, -0.05) is 0 Å². The highest BCUT2D eigenvalue weighted by molar-refractivity contribution is 4.89. The van der Waals surface area contributed by atoms with Crippen molar-refractivity contribution >= 4 is 0 Å². The number of morpholine rings is 1. The molecule has 0 aliphatic carbocycles. The average Bonchev–Trinajstić information content (AvgIpc) is 1.88. The molecule has 1 atom stereocenters. The molecule has 0 radical (unpaired) electrons. The molecule has 0 aromatic carbocycles. The molecule has 3 N–H and O–H groups in total. The van der Waals surface area contributed by atoms with E-state index in [-0.39, 0.29) is 5.54 Å². The van der Waals surface area contributed by atoms with Crippen LogP contribution < -0.4 is 11.1 Å². The van der Waals surface area contributed by atoms with Crippen molar-refractivity contribution in [2.75, 3.05) is 19.8 Å². The summed E-state index contributed by atoms with van der Waals surface area (Å²) in [6, 6.07) is 0.307. The summed E-state index contributed by atoms with van der Waals surface area (Å²) in [5, 5.41) is 3.31. The lowest BCUT2D eigenvalue weighted by Crippen LogP contribution is -2.58. The van der Waals surface area contributed by atoms with Gasteiger partial charge >= 0.3 is 0 Å². The zero-order valence-electron chi connectivity index (χ0n) is 6.68.